The number of piperazine rings is 1. The van der Waals surface area contributed by atoms with Gasteiger partial charge in [-0.3, -0.25) is 14.4 Å². The zero-order chi connectivity index (χ0) is 13.9. The average Bonchev–Trinajstić information content (AvgIpc) is 3.10. The first-order valence-corrected chi connectivity index (χ1v) is 7.55. The van der Waals surface area contributed by atoms with Crippen molar-refractivity contribution in [2.24, 2.45) is 7.05 Å². The lowest BCUT2D eigenvalue weighted by Gasteiger charge is -2.34. The van der Waals surface area contributed by atoms with Crippen LogP contribution in [0.25, 0.3) is 0 Å². The molecule has 20 heavy (non-hydrogen) atoms. The highest BCUT2D eigenvalue weighted by Crippen LogP contribution is 2.11. The van der Waals surface area contributed by atoms with Crippen LogP contribution in [-0.4, -0.2) is 56.7 Å². The second-order valence-electron chi connectivity index (χ2n) is 4.89. The quantitative estimate of drug-likeness (QED) is 0.841. The van der Waals surface area contributed by atoms with E-state index in [2.05, 4.69) is 20.4 Å². The van der Waals surface area contributed by atoms with Gasteiger partial charge in [0, 0.05) is 51.3 Å². The van der Waals surface area contributed by atoms with Gasteiger partial charge < -0.3 is 4.90 Å². The standard InChI is InChI=1S/C13H17N5OS/c1-16-12(2-3-15-16)13(19)18-6-4-17(5-7-18)8-11-9-20-10-14-11/h2-3,9-10H,4-8H2,1H3. The van der Waals surface area contributed by atoms with Gasteiger partial charge in [-0.15, -0.1) is 11.3 Å². The Labute approximate surface area is 121 Å². The van der Waals surface area contributed by atoms with Gasteiger partial charge in [0.2, 0.25) is 0 Å². The Morgan fingerprint density at radius 1 is 1.35 bits per heavy atom. The van der Waals surface area contributed by atoms with Gasteiger partial charge in [-0.1, -0.05) is 0 Å². The molecule has 1 saturated heterocycles. The monoisotopic (exact) mass is 291 g/mol. The summed E-state index contributed by atoms with van der Waals surface area (Å²) in [6.45, 7) is 4.17. The third-order valence-corrected chi connectivity index (χ3v) is 4.20. The first-order chi connectivity index (χ1) is 9.74. The summed E-state index contributed by atoms with van der Waals surface area (Å²) >= 11 is 1.62. The van der Waals surface area contributed by atoms with Gasteiger partial charge in [0.05, 0.1) is 11.2 Å². The van der Waals surface area contributed by atoms with E-state index >= 15 is 0 Å². The van der Waals surface area contributed by atoms with Crippen molar-refractivity contribution in [2.75, 3.05) is 26.2 Å². The van der Waals surface area contributed by atoms with Gasteiger partial charge in [0.25, 0.3) is 5.91 Å². The minimum absolute atomic E-state index is 0.0679. The lowest BCUT2D eigenvalue weighted by atomic mass is 10.2. The summed E-state index contributed by atoms with van der Waals surface area (Å²) in [5.41, 5.74) is 3.62. The molecule has 6 nitrogen and oxygen atoms in total. The number of amides is 1. The molecule has 0 atom stereocenters. The lowest BCUT2D eigenvalue weighted by molar-refractivity contribution is 0.0616. The molecule has 0 bridgehead atoms. The molecule has 0 unspecified atom stereocenters. The SMILES string of the molecule is Cn1nccc1C(=O)N1CCN(Cc2cscn2)CC1. The molecule has 3 heterocycles. The maximum absolute atomic E-state index is 12.3. The van der Waals surface area contributed by atoms with Crippen LogP contribution in [0.15, 0.2) is 23.2 Å². The molecule has 0 saturated carbocycles. The fraction of sp³-hybridized carbons (Fsp3) is 0.462. The molecule has 2 aromatic heterocycles. The first kappa shape index (κ1) is 13.3. The minimum atomic E-state index is 0.0679. The Morgan fingerprint density at radius 3 is 2.75 bits per heavy atom. The van der Waals surface area contributed by atoms with Crippen molar-refractivity contribution in [2.45, 2.75) is 6.54 Å². The lowest BCUT2D eigenvalue weighted by Crippen LogP contribution is -2.48. The molecule has 1 aliphatic heterocycles. The van der Waals surface area contributed by atoms with E-state index in [1.807, 2.05) is 10.4 Å². The number of carbonyl (C=O) groups is 1. The van der Waals surface area contributed by atoms with Crippen LogP contribution in [0.2, 0.25) is 0 Å². The summed E-state index contributed by atoms with van der Waals surface area (Å²) < 4.78 is 1.63. The van der Waals surface area contributed by atoms with E-state index in [1.54, 1.807) is 35.3 Å². The first-order valence-electron chi connectivity index (χ1n) is 6.61. The largest absolute Gasteiger partial charge is 0.335 e. The number of hydrogen-bond acceptors (Lipinski definition) is 5. The highest BCUT2D eigenvalue weighted by molar-refractivity contribution is 7.07. The van der Waals surface area contributed by atoms with Crippen molar-refractivity contribution in [3.05, 3.63) is 34.5 Å². The van der Waals surface area contributed by atoms with E-state index in [-0.39, 0.29) is 5.91 Å². The second kappa shape index (κ2) is 5.72. The normalized spacial score (nSPS) is 16.6. The molecule has 1 amide bonds. The van der Waals surface area contributed by atoms with E-state index < -0.39 is 0 Å². The number of aryl methyl sites for hydroxylation is 1. The molecule has 106 valence electrons. The Kier molecular flexibility index (Phi) is 3.79. The van der Waals surface area contributed by atoms with Gasteiger partial charge in [-0.25, -0.2) is 4.98 Å². The van der Waals surface area contributed by atoms with Crippen molar-refractivity contribution in [1.82, 2.24) is 24.6 Å². The number of aromatic nitrogens is 3. The van der Waals surface area contributed by atoms with Gasteiger partial charge >= 0.3 is 0 Å². The van der Waals surface area contributed by atoms with Crippen LogP contribution in [0, 0.1) is 0 Å². The van der Waals surface area contributed by atoms with E-state index in [0.29, 0.717) is 5.69 Å². The maximum Gasteiger partial charge on any atom is 0.272 e. The predicted octanol–water partition coefficient (Wildman–Crippen LogP) is 0.835. The molecular weight excluding hydrogens is 274 g/mol. The van der Waals surface area contributed by atoms with Crippen LogP contribution in [-0.2, 0) is 13.6 Å². The van der Waals surface area contributed by atoms with Crippen LogP contribution < -0.4 is 0 Å². The van der Waals surface area contributed by atoms with Crippen LogP contribution in [0.4, 0.5) is 0 Å². The van der Waals surface area contributed by atoms with Crippen molar-refractivity contribution in [3.8, 4) is 0 Å². The summed E-state index contributed by atoms with van der Waals surface area (Å²) in [6, 6.07) is 1.77. The van der Waals surface area contributed by atoms with Crippen molar-refractivity contribution in [1.29, 1.82) is 0 Å². The fourth-order valence-corrected chi connectivity index (χ4v) is 2.95. The van der Waals surface area contributed by atoms with Crippen molar-refractivity contribution in [3.63, 3.8) is 0 Å². The summed E-state index contributed by atoms with van der Waals surface area (Å²) in [5, 5.41) is 6.13. The summed E-state index contributed by atoms with van der Waals surface area (Å²) in [5.74, 6) is 0.0679. The number of rotatable bonds is 3. The third kappa shape index (κ3) is 2.73. The zero-order valence-corrected chi connectivity index (χ0v) is 12.2. The van der Waals surface area contributed by atoms with Gasteiger partial charge in [0.1, 0.15) is 5.69 Å². The van der Waals surface area contributed by atoms with Gasteiger partial charge in [-0.05, 0) is 6.07 Å². The molecule has 3 rings (SSSR count). The molecule has 0 aliphatic carbocycles. The number of hydrogen-bond donors (Lipinski definition) is 0. The van der Waals surface area contributed by atoms with Gasteiger partial charge in [0.15, 0.2) is 0 Å². The number of carbonyl (C=O) groups excluding carboxylic acids is 1. The fourth-order valence-electron chi connectivity index (χ4n) is 2.40. The van der Waals surface area contributed by atoms with Crippen LogP contribution in [0.1, 0.15) is 16.2 Å². The second-order valence-corrected chi connectivity index (χ2v) is 5.61. The minimum Gasteiger partial charge on any atom is -0.335 e. The highest BCUT2D eigenvalue weighted by Gasteiger charge is 2.23. The molecule has 0 aromatic carbocycles. The molecule has 0 radical (unpaired) electrons. The average molecular weight is 291 g/mol. The summed E-state index contributed by atoms with van der Waals surface area (Å²) in [6.07, 6.45) is 1.66. The molecule has 2 aromatic rings. The van der Waals surface area contributed by atoms with Crippen molar-refractivity contribution < 1.29 is 4.79 Å². The maximum atomic E-state index is 12.3. The molecule has 1 fully saturated rings. The smallest absolute Gasteiger partial charge is 0.272 e. The molecule has 0 spiro atoms. The Hall–Kier alpha value is -1.73. The topological polar surface area (TPSA) is 54.3 Å². The number of nitrogens with zero attached hydrogens (tertiary/aromatic N) is 5. The molecule has 1 aliphatic rings. The van der Waals surface area contributed by atoms with E-state index in [9.17, 15) is 4.79 Å². The third-order valence-electron chi connectivity index (χ3n) is 3.57. The summed E-state index contributed by atoms with van der Waals surface area (Å²) in [4.78, 5) is 20.9. The van der Waals surface area contributed by atoms with Crippen LogP contribution >= 0.6 is 11.3 Å². The van der Waals surface area contributed by atoms with Crippen LogP contribution in [0.5, 0.6) is 0 Å². The Balaban J connectivity index is 1.56. The Bertz CT molecular complexity index is 571. The number of thiazole rings is 1. The predicted molar refractivity (Wildman–Crippen MR) is 76.5 cm³/mol. The van der Waals surface area contributed by atoms with Crippen molar-refractivity contribution >= 4 is 17.2 Å². The van der Waals surface area contributed by atoms with E-state index in [4.69, 9.17) is 0 Å². The molecule has 7 heteroatoms. The van der Waals surface area contributed by atoms with Crippen LogP contribution in [0.3, 0.4) is 0 Å². The van der Waals surface area contributed by atoms with Gasteiger partial charge in [-0.2, -0.15) is 5.10 Å². The van der Waals surface area contributed by atoms with E-state index in [1.165, 1.54) is 0 Å². The highest BCUT2D eigenvalue weighted by atomic mass is 32.1. The van der Waals surface area contributed by atoms with E-state index in [0.717, 1.165) is 38.4 Å². The zero-order valence-electron chi connectivity index (χ0n) is 11.4. The molecular formula is C13H17N5OS. The summed E-state index contributed by atoms with van der Waals surface area (Å²) in [7, 11) is 1.80. The Morgan fingerprint density at radius 2 is 2.15 bits per heavy atom. The molecule has 0 N–H and O–H groups in total.